The number of anilines is 1. The van der Waals surface area contributed by atoms with E-state index in [2.05, 4.69) is 0 Å². The molecule has 0 N–H and O–H groups in total. The number of hydrogen-bond donors (Lipinski definition) is 0. The molecule has 1 aromatic rings. The predicted octanol–water partition coefficient (Wildman–Crippen LogP) is 2.00. The average Bonchev–Trinajstić information content (AvgIpc) is 2.52. The van der Waals surface area contributed by atoms with Crippen LogP contribution >= 0.6 is 11.6 Å². The number of nitrogens with zero attached hydrogens (tertiary/aromatic N) is 3. The van der Waals surface area contributed by atoms with Gasteiger partial charge in [0.15, 0.2) is 0 Å². The summed E-state index contributed by atoms with van der Waals surface area (Å²) in [5, 5.41) is 0.460. The largest absolute Gasteiger partial charge is 0.339 e. The standard InChI is InChI=1S/C18H24ClN3O3/c1-12-9-13(2)18(16(19)10-12)22(15(4)24)11-17(25)21-7-5-20(6-8-21)14(3)23/h9-10H,5-8,11H2,1-4H3. The maximum atomic E-state index is 12.6. The third kappa shape index (κ3) is 4.51. The molecule has 1 aromatic carbocycles. The Hall–Kier alpha value is -2.08. The second-order valence-electron chi connectivity index (χ2n) is 6.40. The maximum absolute atomic E-state index is 12.6. The van der Waals surface area contributed by atoms with Crippen molar-refractivity contribution in [2.24, 2.45) is 0 Å². The van der Waals surface area contributed by atoms with Crippen molar-refractivity contribution in [3.8, 4) is 0 Å². The highest BCUT2D eigenvalue weighted by Crippen LogP contribution is 2.31. The number of halogens is 1. The third-order valence-electron chi connectivity index (χ3n) is 4.42. The van der Waals surface area contributed by atoms with Crippen LogP contribution in [0.3, 0.4) is 0 Å². The summed E-state index contributed by atoms with van der Waals surface area (Å²) >= 11 is 6.33. The van der Waals surface area contributed by atoms with Crippen LogP contribution in [0.15, 0.2) is 12.1 Å². The summed E-state index contributed by atoms with van der Waals surface area (Å²) in [4.78, 5) is 41.0. The molecule has 1 fully saturated rings. The van der Waals surface area contributed by atoms with Gasteiger partial charge >= 0.3 is 0 Å². The van der Waals surface area contributed by atoms with Gasteiger partial charge in [-0.25, -0.2) is 0 Å². The topological polar surface area (TPSA) is 60.9 Å². The normalized spacial score (nSPS) is 14.4. The molecule has 1 aliphatic rings. The molecule has 25 heavy (non-hydrogen) atoms. The number of aryl methyl sites for hydroxylation is 2. The molecule has 6 nitrogen and oxygen atoms in total. The molecule has 0 radical (unpaired) electrons. The van der Waals surface area contributed by atoms with Crippen LogP contribution in [0.2, 0.25) is 5.02 Å². The average molecular weight is 366 g/mol. The van der Waals surface area contributed by atoms with E-state index in [-0.39, 0.29) is 24.3 Å². The van der Waals surface area contributed by atoms with Gasteiger partial charge in [0, 0.05) is 40.0 Å². The van der Waals surface area contributed by atoms with Gasteiger partial charge in [-0.3, -0.25) is 14.4 Å². The fourth-order valence-electron chi connectivity index (χ4n) is 3.10. The lowest BCUT2D eigenvalue weighted by Gasteiger charge is -2.35. The molecule has 7 heteroatoms. The fraction of sp³-hybridized carbons (Fsp3) is 0.500. The van der Waals surface area contributed by atoms with Crippen LogP contribution < -0.4 is 4.90 Å². The van der Waals surface area contributed by atoms with E-state index in [9.17, 15) is 14.4 Å². The van der Waals surface area contributed by atoms with E-state index in [1.807, 2.05) is 19.9 Å². The lowest BCUT2D eigenvalue weighted by molar-refractivity contribution is -0.137. The molecule has 1 heterocycles. The zero-order chi connectivity index (χ0) is 18.7. The van der Waals surface area contributed by atoms with Crippen LogP contribution in [-0.4, -0.2) is 60.2 Å². The Labute approximate surface area is 153 Å². The van der Waals surface area contributed by atoms with Crippen molar-refractivity contribution in [1.29, 1.82) is 0 Å². The first kappa shape index (κ1) is 19.2. The minimum Gasteiger partial charge on any atom is -0.339 e. The predicted molar refractivity (Wildman–Crippen MR) is 97.8 cm³/mol. The van der Waals surface area contributed by atoms with Gasteiger partial charge in [-0.05, 0) is 31.0 Å². The van der Waals surface area contributed by atoms with E-state index >= 15 is 0 Å². The molecule has 1 saturated heterocycles. The quantitative estimate of drug-likeness (QED) is 0.823. The SMILES string of the molecule is CC(=O)N1CCN(C(=O)CN(C(C)=O)c2c(C)cc(C)cc2Cl)CC1. The lowest BCUT2D eigenvalue weighted by Crippen LogP contribution is -2.52. The Morgan fingerprint density at radius 2 is 1.60 bits per heavy atom. The van der Waals surface area contributed by atoms with Crippen molar-refractivity contribution in [2.75, 3.05) is 37.6 Å². The monoisotopic (exact) mass is 365 g/mol. The first-order valence-corrected chi connectivity index (χ1v) is 8.66. The number of benzene rings is 1. The van der Waals surface area contributed by atoms with Crippen LogP contribution in [-0.2, 0) is 14.4 Å². The second-order valence-corrected chi connectivity index (χ2v) is 6.81. The molecule has 0 aliphatic carbocycles. The van der Waals surface area contributed by atoms with Crippen molar-refractivity contribution in [3.05, 3.63) is 28.3 Å². The minimum atomic E-state index is -0.232. The summed E-state index contributed by atoms with van der Waals surface area (Å²) in [5.41, 5.74) is 2.44. The van der Waals surface area contributed by atoms with Crippen molar-refractivity contribution in [2.45, 2.75) is 27.7 Å². The van der Waals surface area contributed by atoms with E-state index in [1.165, 1.54) is 18.7 Å². The van der Waals surface area contributed by atoms with Gasteiger partial charge < -0.3 is 14.7 Å². The van der Waals surface area contributed by atoms with Crippen LogP contribution in [0, 0.1) is 13.8 Å². The van der Waals surface area contributed by atoms with Crippen molar-refractivity contribution in [1.82, 2.24) is 9.80 Å². The molecular formula is C18H24ClN3O3. The summed E-state index contributed by atoms with van der Waals surface area (Å²) in [6, 6.07) is 3.73. The van der Waals surface area contributed by atoms with E-state index in [1.54, 1.807) is 15.9 Å². The van der Waals surface area contributed by atoms with E-state index in [4.69, 9.17) is 11.6 Å². The first-order valence-electron chi connectivity index (χ1n) is 8.29. The van der Waals surface area contributed by atoms with Gasteiger partial charge in [0.05, 0.1) is 10.7 Å². The molecule has 1 aliphatic heterocycles. The summed E-state index contributed by atoms with van der Waals surface area (Å²) in [6.45, 7) is 8.69. The molecule has 3 amide bonds. The van der Waals surface area contributed by atoms with E-state index in [0.29, 0.717) is 36.9 Å². The van der Waals surface area contributed by atoms with Crippen molar-refractivity contribution < 1.29 is 14.4 Å². The van der Waals surface area contributed by atoms with Gasteiger partial charge in [0.1, 0.15) is 6.54 Å². The number of carbonyl (C=O) groups excluding carboxylic acids is 3. The van der Waals surface area contributed by atoms with Crippen LogP contribution in [0.25, 0.3) is 0 Å². The molecule has 136 valence electrons. The van der Waals surface area contributed by atoms with Gasteiger partial charge in [-0.15, -0.1) is 0 Å². The Balaban J connectivity index is 2.14. The van der Waals surface area contributed by atoms with Gasteiger partial charge in [0.2, 0.25) is 17.7 Å². The van der Waals surface area contributed by atoms with Gasteiger partial charge in [-0.1, -0.05) is 17.7 Å². The van der Waals surface area contributed by atoms with E-state index in [0.717, 1.165) is 11.1 Å². The second kappa shape index (κ2) is 7.87. The molecule has 0 unspecified atom stereocenters. The summed E-state index contributed by atoms with van der Waals surface area (Å²) in [7, 11) is 0. The minimum absolute atomic E-state index is 0.0134. The Morgan fingerprint density at radius 3 is 2.08 bits per heavy atom. The number of amides is 3. The Kier molecular flexibility index (Phi) is 6.06. The third-order valence-corrected chi connectivity index (χ3v) is 4.71. The molecule has 2 rings (SSSR count). The number of carbonyl (C=O) groups is 3. The molecule has 0 atom stereocenters. The smallest absolute Gasteiger partial charge is 0.242 e. The van der Waals surface area contributed by atoms with Gasteiger partial charge in [0.25, 0.3) is 0 Å². The lowest BCUT2D eigenvalue weighted by atomic mass is 10.1. The van der Waals surface area contributed by atoms with Crippen molar-refractivity contribution in [3.63, 3.8) is 0 Å². The highest BCUT2D eigenvalue weighted by molar-refractivity contribution is 6.34. The highest BCUT2D eigenvalue weighted by atomic mass is 35.5. The first-order chi connectivity index (χ1) is 11.7. The Morgan fingerprint density at radius 1 is 1.04 bits per heavy atom. The molecule has 0 spiro atoms. The summed E-state index contributed by atoms with van der Waals surface area (Å²) in [5.74, 6) is -0.362. The summed E-state index contributed by atoms with van der Waals surface area (Å²) < 4.78 is 0. The van der Waals surface area contributed by atoms with Crippen LogP contribution in [0.4, 0.5) is 5.69 Å². The van der Waals surface area contributed by atoms with Crippen molar-refractivity contribution >= 4 is 35.0 Å². The molecule has 0 aromatic heterocycles. The van der Waals surface area contributed by atoms with Gasteiger partial charge in [-0.2, -0.15) is 0 Å². The number of hydrogen-bond acceptors (Lipinski definition) is 3. The maximum Gasteiger partial charge on any atom is 0.242 e. The molecule has 0 bridgehead atoms. The fourth-order valence-corrected chi connectivity index (χ4v) is 3.53. The van der Waals surface area contributed by atoms with E-state index < -0.39 is 0 Å². The number of rotatable bonds is 3. The number of piperazine rings is 1. The molecular weight excluding hydrogens is 342 g/mol. The van der Waals surface area contributed by atoms with Crippen LogP contribution in [0.5, 0.6) is 0 Å². The highest BCUT2D eigenvalue weighted by Gasteiger charge is 2.26. The van der Waals surface area contributed by atoms with Crippen LogP contribution in [0.1, 0.15) is 25.0 Å². The zero-order valence-electron chi connectivity index (χ0n) is 15.1. The zero-order valence-corrected chi connectivity index (χ0v) is 15.9. The summed E-state index contributed by atoms with van der Waals surface area (Å²) in [6.07, 6.45) is 0. The molecule has 0 saturated carbocycles. The Bertz CT molecular complexity index is 674.